The van der Waals surface area contributed by atoms with Crippen LogP contribution in [0.5, 0.6) is 11.5 Å². The molecular weight excluding hydrogens is 279 g/mol. The van der Waals surface area contributed by atoms with Gasteiger partial charge in [-0.3, -0.25) is 10.1 Å². The van der Waals surface area contributed by atoms with Gasteiger partial charge >= 0.3 is 5.69 Å². The smallest absolute Gasteiger partial charge is 0.312 e. The average molecular weight is 292 g/mol. The Balaban J connectivity index is 2.14. The molecule has 0 atom stereocenters. The number of benzene rings is 2. The van der Waals surface area contributed by atoms with Crippen molar-refractivity contribution in [1.29, 1.82) is 0 Å². The fourth-order valence-electron chi connectivity index (χ4n) is 1.81. The van der Waals surface area contributed by atoms with Crippen molar-refractivity contribution in [2.45, 2.75) is 6.54 Å². The maximum atomic E-state index is 13.2. The Labute approximate surface area is 119 Å². The number of phenolic OH excluding ortho intramolecular Hbond substituents is 1. The molecular formula is C14H13FN2O4. The number of anilines is 1. The van der Waals surface area contributed by atoms with Crippen LogP contribution in [-0.2, 0) is 6.54 Å². The van der Waals surface area contributed by atoms with Crippen LogP contribution in [0, 0.1) is 15.9 Å². The highest BCUT2D eigenvalue weighted by atomic mass is 19.1. The van der Waals surface area contributed by atoms with Crippen LogP contribution in [-0.4, -0.2) is 17.1 Å². The summed E-state index contributed by atoms with van der Waals surface area (Å²) in [6, 6.07) is 8.46. The van der Waals surface area contributed by atoms with E-state index in [9.17, 15) is 14.5 Å². The van der Waals surface area contributed by atoms with E-state index in [1.54, 1.807) is 12.1 Å². The molecule has 6 nitrogen and oxygen atoms in total. The van der Waals surface area contributed by atoms with Gasteiger partial charge in [0.2, 0.25) is 0 Å². The van der Waals surface area contributed by atoms with Crippen LogP contribution in [0.2, 0.25) is 0 Å². The highest BCUT2D eigenvalue weighted by Gasteiger charge is 2.15. The lowest BCUT2D eigenvalue weighted by molar-refractivity contribution is -0.385. The molecule has 0 spiro atoms. The number of hydrogen-bond donors (Lipinski definition) is 2. The van der Waals surface area contributed by atoms with Crippen LogP contribution >= 0.6 is 0 Å². The molecule has 0 bridgehead atoms. The van der Waals surface area contributed by atoms with Crippen molar-refractivity contribution in [2.24, 2.45) is 0 Å². The quantitative estimate of drug-likeness (QED) is 0.653. The standard InChI is InChI=1S/C14H13FN2O4/c1-21-14-5-3-10(7-12(14)17(19)20)16-8-9-2-4-13(18)11(15)6-9/h2-7,16,18H,8H2,1H3. The summed E-state index contributed by atoms with van der Waals surface area (Å²) in [5.41, 5.74) is 0.958. The molecule has 0 aliphatic heterocycles. The van der Waals surface area contributed by atoms with Crippen LogP contribution in [0.15, 0.2) is 36.4 Å². The van der Waals surface area contributed by atoms with Gasteiger partial charge in [-0.15, -0.1) is 0 Å². The normalized spacial score (nSPS) is 10.2. The van der Waals surface area contributed by atoms with E-state index < -0.39 is 16.5 Å². The van der Waals surface area contributed by atoms with Crippen molar-refractivity contribution < 1.29 is 19.2 Å². The van der Waals surface area contributed by atoms with E-state index >= 15 is 0 Å². The fraction of sp³-hybridized carbons (Fsp3) is 0.143. The number of rotatable bonds is 5. The summed E-state index contributed by atoms with van der Waals surface area (Å²) in [4.78, 5) is 10.4. The van der Waals surface area contributed by atoms with Crippen molar-refractivity contribution in [3.63, 3.8) is 0 Å². The minimum Gasteiger partial charge on any atom is -0.505 e. The SMILES string of the molecule is COc1ccc(NCc2ccc(O)c(F)c2)cc1[N+](=O)[O-]. The minimum atomic E-state index is -0.713. The molecule has 110 valence electrons. The Morgan fingerprint density at radius 3 is 2.71 bits per heavy atom. The Morgan fingerprint density at radius 2 is 2.10 bits per heavy atom. The third-order valence-electron chi connectivity index (χ3n) is 2.88. The van der Waals surface area contributed by atoms with Crippen LogP contribution in [0.4, 0.5) is 15.8 Å². The number of nitro groups is 1. The van der Waals surface area contributed by atoms with Gasteiger partial charge in [-0.05, 0) is 29.8 Å². The summed E-state index contributed by atoms with van der Waals surface area (Å²) < 4.78 is 18.1. The topological polar surface area (TPSA) is 84.6 Å². The van der Waals surface area contributed by atoms with Crippen LogP contribution in [0.1, 0.15) is 5.56 Å². The molecule has 2 aromatic carbocycles. The van der Waals surface area contributed by atoms with E-state index in [1.165, 1.54) is 31.4 Å². The molecule has 0 aliphatic carbocycles. The van der Waals surface area contributed by atoms with Gasteiger partial charge in [-0.1, -0.05) is 6.07 Å². The predicted octanol–water partition coefficient (Wildman–Crippen LogP) is 3.06. The lowest BCUT2D eigenvalue weighted by atomic mass is 10.2. The zero-order chi connectivity index (χ0) is 15.4. The number of aromatic hydroxyl groups is 1. The van der Waals surface area contributed by atoms with Crippen molar-refractivity contribution in [1.82, 2.24) is 0 Å². The number of nitro benzene ring substituents is 1. The summed E-state index contributed by atoms with van der Waals surface area (Å²) in [7, 11) is 1.36. The molecule has 0 fully saturated rings. The first kappa shape index (κ1) is 14.6. The minimum absolute atomic E-state index is 0.153. The summed E-state index contributed by atoms with van der Waals surface area (Å²) >= 11 is 0. The fourth-order valence-corrected chi connectivity index (χ4v) is 1.81. The van der Waals surface area contributed by atoms with Crippen molar-refractivity contribution >= 4 is 11.4 Å². The first-order chi connectivity index (χ1) is 10.0. The van der Waals surface area contributed by atoms with Crippen LogP contribution in [0.25, 0.3) is 0 Å². The van der Waals surface area contributed by atoms with E-state index in [-0.39, 0.29) is 18.0 Å². The highest BCUT2D eigenvalue weighted by Crippen LogP contribution is 2.29. The van der Waals surface area contributed by atoms with Crippen molar-refractivity contribution in [3.05, 3.63) is 57.9 Å². The number of halogens is 1. The Morgan fingerprint density at radius 1 is 1.33 bits per heavy atom. The number of hydrogen-bond acceptors (Lipinski definition) is 5. The zero-order valence-corrected chi connectivity index (χ0v) is 11.2. The second kappa shape index (κ2) is 6.08. The second-order valence-corrected chi connectivity index (χ2v) is 4.28. The van der Waals surface area contributed by atoms with Crippen LogP contribution in [0.3, 0.4) is 0 Å². The van der Waals surface area contributed by atoms with Gasteiger partial charge in [0.05, 0.1) is 12.0 Å². The van der Waals surface area contributed by atoms with Gasteiger partial charge in [-0.25, -0.2) is 4.39 Å². The van der Waals surface area contributed by atoms with E-state index in [4.69, 9.17) is 9.84 Å². The average Bonchev–Trinajstić information content (AvgIpc) is 2.48. The van der Waals surface area contributed by atoms with Crippen LogP contribution < -0.4 is 10.1 Å². The largest absolute Gasteiger partial charge is 0.505 e. The van der Waals surface area contributed by atoms with E-state index in [0.29, 0.717) is 11.3 Å². The number of nitrogens with one attached hydrogen (secondary N) is 1. The lowest BCUT2D eigenvalue weighted by Gasteiger charge is -2.08. The monoisotopic (exact) mass is 292 g/mol. The molecule has 0 unspecified atom stereocenters. The molecule has 0 saturated heterocycles. The Bertz CT molecular complexity index is 676. The summed E-state index contributed by atoms with van der Waals surface area (Å²) in [5, 5.41) is 23.0. The molecule has 2 rings (SSSR count). The number of nitrogens with zero attached hydrogens (tertiary/aromatic N) is 1. The van der Waals surface area contributed by atoms with Crippen molar-refractivity contribution in [2.75, 3.05) is 12.4 Å². The van der Waals surface area contributed by atoms with Gasteiger partial charge in [-0.2, -0.15) is 0 Å². The first-order valence-corrected chi connectivity index (χ1v) is 6.05. The molecule has 0 saturated carbocycles. The molecule has 7 heteroatoms. The molecule has 21 heavy (non-hydrogen) atoms. The zero-order valence-electron chi connectivity index (χ0n) is 11.2. The van der Waals surface area contributed by atoms with E-state index in [0.717, 1.165) is 0 Å². The Hall–Kier alpha value is -2.83. The second-order valence-electron chi connectivity index (χ2n) is 4.28. The molecule has 2 aromatic rings. The third kappa shape index (κ3) is 3.38. The highest BCUT2D eigenvalue weighted by molar-refractivity contribution is 5.58. The number of methoxy groups -OCH3 is 1. The third-order valence-corrected chi connectivity index (χ3v) is 2.88. The predicted molar refractivity (Wildman–Crippen MR) is 75.0 cm³/mol. The summed E-state index contributed by atoms with van der Waals surface area (Å²) in [6.07, 6.45) is 0. The van der Waals surface area contributed by atoms with Gasteiger partial charge in [0.1, 0.15) is 0 Å². The van der Waals surface area contributed by atoms with Gasteiger partial charge in [0.15, 0.2) is 17.3 Å². The molecule has 0 radical (unpaired) electrons. The molecule has 0 aliphatic rings. The van der Waals surface area contributed by atoms with E-state index in [1.807, 2.05) is 0 Å². The van der Waals surface area contributed by atoms with Gasteiger partial charge < -0.3 is 15.2 Å². The lowest BCUT2D eigenvalue weighted by Crippen LogP contribution is -2.01. The van der Waals surface area contributed by atoms with Gasteiger partial charge in [0, 0.05) is 18.3 Å². The number of phenols is 1. The van der Waals surface area contributed by atoms with Crippen molar-refractivity contribution in [3.8, 4) is 11.5 Å². The molecule has 0 amide bonds. The van der Waals surface area contributed by atoms with E-state index in [2.05, 4.69) is 5.32 Å². The summed E-state index contributed by atoms with van der Waals surface area (Å²) in [5.74, 6) is -0.963. The molecule has 0 heterocycles. The molecule has 2 N–H and O–H groups in total. The van der Waals surface area contributed by atoms with Gasteiger partial charge in [0.25, 0.3) is 0 Å². The maximum Gasteiger partial charge on any atom is 0.312 e. The Kier molecular flexibility index (Phi) is 4.22. The molecule has 0 aromatic heterocycles. The maximum absolute atomic E-state index is 13.2. The number of ether oxygens (including phenoxy) is 1. The summed E-state index contributed by atoms with van der Waals surface area (Å²) in [6.45, 7) is 0.265. The first-order valence-electron chi connectivity index (χ1n) is 6.05.